The van der Waals surface area contributed by atoms with E-state index in [0.29, 0.717) is 46.2 Å². The van der Waals surface area contributed by atoms with Gasteiger partial charge >= 0.3 is 0 Å². The van der Waals surface area contributed by atoms with E-state index in [2.05, 4.69) is 4.90 Å². The van der Waals surface area contributed by atoms with E-state index in [1.165, 1.54) is 0 Å². The summed E-state index contributed by atoms with van der Waals surface area (Å²) in [7, 11) is 1.57. The topological polar surface area (TPSA) is 81.5 Å². The number of rotatable bonds is 8. The fourth-order valence-corrected chi connectivity index (χ4v) is 5.16. The molecule has 0 spiro atoms. The molecule has 0 saturated carbocycles. The normalized spacial score (nSPS) is 18.0. The van der Waals surface area contributed by atoms with Gasteiger partial charge in [-0.2, -0.15) is 0 Å². The molecule has 2 aromatic carbocycles. The van der Waals surface area contributed by atoms with Crippen LogP contribution >= 0.6 is 11.6 Å². The van der Waals surface area contributed by atoms with Crippen LogP contribution < -0.4 is 14.9 Å². The molecule has 5 rings (SSSR count). The zero-order chi connectivity index (χ0) is 25.2. The molecule has 3 heterocycles. The lowest BCUT2D eigenvalue weighted by molar-refractivity contribution is 0.0353. The lowest BCUT2D eigenvalue weighted by Crippen LogP contribution is -2.38. The lowest BCUT2D eigenvalue weighted by Gasteiger charge is -2.29. The van der Waals surface area contributed by atoms with Crippen molar-refractivity contribution < 1.29 is 23.4 Å². The predicted octanol–water partition coefficient (Wildman–Crippen LogP) is 4.12. The van der Waals surface area contributed by atoms with E-state index in [9.17, 15) is 9.59 Å². The zero-order valence-corrected chi connectivity index (χ0v) is 21.2. The van der Waals surface area contributed by atoms with Crippen LogP contribution in [-0.4, -0.2) is 68.8 Å². The number of halogens is 1. The molecule has 8 nitrogen and oxygen atoms in total. The van der Waals surface area contributed by atoms with Crippen molar-refractivity contribution >= 4 is 28.5 Å². The number of carbonyl (C=O) groups excluding carboxylic acids is 1. The maximum absolute atomic E-state index is 13.7. The average Bonchev–Trinajstić information content (AvgIpc) is 3.17. The van der Waals surface area contributed by atoms with Gasteiger partial charge in [-0.3, -0.25) is 14.5 Å². The fourth-order valence-electron chi connectivity index (χ4n) is 4.99. The molecule has 1 fully saturated rings. The molecule has 1 saturated heterocycles. The third-order valence-corrected chi connectivity index (χ3v) is 6.94. The van der Waals surface area contributed by atoms with Gasteiger partial charge in [-0.05, 0) is 49.2 Å². The summed E-state index contributed by atoms with van der Waals surface area (Å²) in [6.45, 7) is 6.88. The van der Waals surface area contributed by atoms with E-state index >= 15 is 0 Å². The number of carbonyl (C=O) groups is 1. The molecule has 190 valence electrons. The number of hydrogen-bond donors (Lipinski definition) is 0. The number of ether oxygens (including phenoxy) is 3. The Hall–Kier alpha value is -3.07. The first-order valence-corrected chi connectivity index (χ1v) is 12.6. The molecule has 0 radical (unpaired) electrons. The van der Waals surface area contributed by atoms with Crippen LogP contribution in [0.3, 0.4) is 0 Å². The van der Waals surface area contributed by atoms with Gasteiger partial charge in [0.05, 0.1) is 43.9 Å². The number of fused-ring (bicyclic) bond motifs is 2. The SMILES string of the molecule is CCOc1ccc([C@H]2c3c(oc4ccc(Cl)cc4c3=O)C(=O)N2CCCN2CCOCC2)cc1OC. The van der Waals surface area contributed by atoms with Crippen LogP contribution in [0, 0.1) is 0 Å². The highest BCUT2D eigenvalue weighted by molar-refractivity contribution is 6.31. The molecule has 2 aliphatic heterocycles. The molecular weight excluding hydrogens is 484 g/mol. The summed E-state index contributed by atoms with van der Waals surface area (Å²) in [6.07, 6.45) is 0.754. The highest BCUT2D eigenvalue weighted by Crippen LogP contribution is 2.41. The van der Waals surface area contributed by atoms with Crippen LogP contribution in [0.25, 0.3) is 11.0 Å². The maximum Gasteiger partial charge on any atom is 0.290 e. The first-order chi connectivity index (χ1) is 17.5. The Morgan fingerprint density at radius 1 is 1.06 bits per heavy atom. The van der Waals surface area contributed by atoms with Crippen LogP contribution in [0.2, 0.25) is 5.02 Å². The van der Waals surface area contributed by atoms with Gasteiger partial charge in [-0.15, -0.1) is 0 Å². The zero-order valence-electron chi connectivity index (χ0n) is 20.4. The van der Waals surface area contributed by atoms with Crippen molar-refractivity contribution in [3.8, 4) is 11.5 Å². The van der Waals surface area contributed by atoms with E-state index in [1.807, 2.05) is 25.1 Å². The number of hydrogen-bond acceptors (Lipinski definition) is 7. The van der Waals surface area contributed by atoms with Gasteiger partial charge in [0.25, 0.3) is 5.91 Å². The van der Waals surface area contributed by atoms with E-state index in [4.69, 9.17) is 30.2 Å². The largest absolute Gasteiger partial charge is 0.493 e. The Kier molecular flexibility index (Phi) is 7.18. The minimum Gasteiger partial charge on any atom is -0.493 e. The second-order valence-electron chi connectivity index (χ2n) is 8.87. The number of methoxy groups -OCH3 is 1. The van der Waals surface area contributed by atoms with Crippen LogP contribution in [-0.2, 0) is 4.74 Å². The summed E-state index contributed by atoms with van der Waals surface area (Å²) < 4.78 is 22.7. The average molecular weight is 513 g/mol. The molecule has 0 unspecified atom stereocenters. The van der Waals surface area contributed by atoms with Gasteiger partial charge in [0.1, 0.15) is 5.58 Å². The summed E-state index contributed by atoms with van der Waals surface area (Å²) >= 11 is 6.18. The van der Waals surface area contributed by atoms with Crippen molar-refractivity contribution in [2.24, 2.45) is 0 Å². The Labute approximate surface area is 214 Å². The van der Waals surface area contributed by atoms with Gasteiger partial charge < -0.3 is 23.5 Å². The van der Waals surface area contributed by atoms with E-state index < -0.39 is 6.04 Å². The molecular formula is C27H29ClN2O6. The standard InChI is InChI=1S/C27H29ClN2O6/c1-3-35-21-7-5-17(15-22(21)33-2)24-23-25(31)19-16-18(28)6-8-20(19)36-26(23)27(32)30(24)10-4-9-29-11-13-34-14-12-29/h5-8,15-16,24H,3-4,9-14H2,1-2H3/t24-/m0/s1. The van der Waals surface area contributed by atoms with Gasteiger partial charge in [-0.1, -0.05) is 17.7 Å². The van der Waals surface area contributed by atoms with Crippen molar-refractivity contribution in [3.05, 3.63) is 68.5 Å². The summed E-state index contributed by atoms with van der Waals surface area (Å²) in [5.74, 6) is 0.930. The van der Waals surface area contributed by atoms with Gasteiger partial charge in [0.2, 0.25) is 5.76 Å². The first-order valence-electron chi connectivity index (χ1n) is 12.2. The summed E-state index contributed by atoms with van der Waals surface area (Å²) in [5, 5.41) is 0.785. The second kappa shape index (κ2) is 10.5. The van der Waals surface area contributed by atoms with Crippen LogP contribution in [0.4, 0.5) is 0 Å². The van der Waals surface area contributed by atoms with Crippen LogP contribution in [0.5, 0.6) is 11.5 Å². The van der Waals surface area contributed by atoms with Gasteiger partial charge in [-0.25, -0.2) is 0 Å². The minimum atomic E-state index is -0.610. The van der Waals surface area contributed by atoms with Crippen molar-refractivity contribution in [3.63, 3.8) is 0 Å². The van der Waals surface area contributed by atoms with Crippen LogP contribution in [0.15, 0.2) is 45.6 Å². The van der Waals surface area contributed by atoms with Gasteiger partial charge in [0, 0.05) is 31.2 Å². The summed E-state index contributed by atoms with van der Waals surface area (Å²) in [5.41, 5.74) is 1.17. The molecule has 36 heavy (non-hydrogen) atoms. The Morgan fingerprint density at radius 3 is 2.61 bits per heavy atom. The molecule has 0 bridgehead atoms. The van der Waals surface area contributed by atoms with Crippen molar-refractivity contribution in [2.45, 2.75) is 19.4 Å². The number of nitrogens with zero attached hydrogens (tertiary/aromatic N) is 2. The van der Waals surface area contributed by atoms with Gasteiger partial charge in [0.15, 0.2) is 16.9 Å². The lowest BCUT2D eigenvalue weighted by atomic mass is 9.98. The first kappa shape index (κ1) is 24.6. The Balaban J connectivity index is 1.56. The molecule has 1 aromatic heterocycles. The Bertz CT molecular complexity index is 1330. The molecule has 1 atom stereocenters. The number of morpholine rings is 1. The fraction of sp³-hybridized carbons (Fsp3) is 0.407. The maximum atomic E-state index is 13.7. The van der Waals surface area contributed by atoms with Crippen LogP contribution in [0.1, 0.15) is 41.1 Å². The van der Waals surface area contributed by atoms with E-state index in [1.54, 1.807) is 30.2 Å². The highest BCUT2D eigenvalue weighted by atomic mass is 35.5. The Morgan fingerprint density at radius 2 is 1.86 bits per heavy atom. The number of benzene rings is 2. The van der Waals surface area contributed by atoms with E-state index in [0.717, 1.165) is 44.8 Å². The minimum absolute atomic E-state index is 0.0825. The molecule has 1 amide bonds. The molecule has 0 aliphatic carbocycles. The van der Waals surface area contributed by atoms with Crippen molar-refractivity contribution in [2.75, 3.05) is 53.1 Å². The molecule has 0 N–H and O–H groups in total. The quantitative estimate of drug-likeness (QED) is 0.449. The summed E-state index contributed by atoms with van der Waals surface area (Å²) in [6, 6.07) is 9.76. The third kappa shape index (κ3) is 4.56. The second-order valence-corrected chi connectivity index (χ2v) is 9.30. The molecule has 2 aliphatic rings. The van der Waals surface area contributed by atoms with E-state index in [-0.39, 0.29) is 17.1 Å². The third-order valence-electron chi connectivity index (χ3n) is 6.71. The predicted molar refractivity (Wildman–Crippen MR) is 136 cm³/mol. The molecule has 9 heteroatoms. The highest BCUT2D eigenvalue weighted by Gasteiger charge is 2.42. The monoisotopic (exact) mass is 512 g/mol. The molecule has 3 aromatic rings. The summed E-state index contributed by atoms with van der Waals surface area (Å²) in [4.78, 5) is 31.4. The van der Waals surface area contributed by atoms with Crippen molar-refractivity contribution in [1.29, 1.82) is 0 Å². The van der Waals surface area contributed by atoms with Crippen molar-refractivity contribution in [1.82, 2.24) is 9.80 Å². The number of amides is 1. The smallest absolute Gasteiger partial charge is 0.290 e.